The molecule has 0 atom stereocenters. The number of benzene rings is 2. The zero-order valence-electron chi connectivity index (χ0n) is 17.2. The molecule has 0 amide bonds. The lowest BCUT2D eigenvalue weighted by Crippen LogP contribution is -2.31. The topological polar surface area (TPSA) is 72.4 Å². The highest BCUT2D eigenvalue weighted by Gasteiger charge is 2.21. The first-order valence-corrected chi connectivity index (χ1v) is 9.60. The van der Waals surface area contributed by atoms with Gasteiger partial charge in [-0.2, -0.15) is 10.1 Å². The number of ether oxygens (including phenoxy) is 2. The molecular formula is C22H25N5O2. The summed E-state index contributed by atoms with van der Waals surface area (Å²) in [4.78, 5) is 6.88. The number of nitrogens with zero attached hydrogens (tertiary/aromatic N) is 4. The summed E-state index contributed by atoms with van der Waals surface area (Å²) in [5.74, 6) is 2.80. The minimum absolute atomic E-state index is 0.490. The van der Waals surface area contributed by atoms with Gasteiger partial charge in [-0.15, -0.1) is 5.10 Å². The Morgan fingerprint density at radius 1 is 0.966 bits per heavy atom. The average molecular weight is 391 g/mol. The van der Waals surface area contributed by atoms with E-state index in [0.29, 0.717) is 5.95 Å². The van der Waals surface area contributed by atoms with Gasteiger partial charge in [-0.3, -0.25) is 0 Å². The van der Waals surface area contributed by atoms with E-state index in [9.17, 15) is 0 Å². The number of fused-ring (bicyclic) bond motifs is 1. The van der Waals surface area contributed by atoms with Crippen LogP contribution in [-0.2, 0) is 13.0 Å². The van der Waals surface area contributed by atoms with Crippen molar-refractivity contribution < 1.29 is 9.47 Å². The fraction of sp³-hybridized carbons (Fsp3) is 0.318. The third-order valence-electron chi connectivity index (χ3n) is 5.35. The highest BCUT2D eigenvalue weighted by atomic mass is 16.5. The number of rotatable bonds is 5. The van der Waals surface area contributed by atoms with E-state index in [1.165, 1.54) is 22.3 Å². The molecule has 0 bridgehead atoms. The number of anilines is 3. The third-order valence-corrected chi connectivity index (χ3v) is 5.35. The maximum absolute atomic E-state index is 5.46. The van der Waals surface area contributed by atoms with Crippen molar-refractivity contribution in [2.75, 3.05) is 31.0 Å². The van der Waals surface area contributed by atoms with Crippen LogP contribution in [-0.4, -0.2) is 35.9 Å². The molecule has 0 fully saturated rings. The normalized spacial score (nSPS) is 13.0. The molecule has 7 nitrogen and oxygen atoms in total. The van der Waals surface area contributed by atoms with Crippen molar-refractivity contribution in [1.29, 1.82) is 0 Å². The fourth-order valence-electron chi connectivity index (χ4n) is 3.53. The summed E-state index contributed by atoms with van der Waals surface area (Å²) in [6, 6.07) is 10.3. The second kappa shape index (κ2) is 7.95. The van der Waals surface area contributed by atoms with Crippen LogP contribution in [0.5, 0.6) is 11.5 Å². The van der Waals surface area contributed by atoms with Gasteiger partial charge in [0.05, 0.1) is 20.4 Å². The maximum Gasteiger partial charge on any atom is 0.249 e. The Morgan fingerprint density at radius 3 is 2.45 bits per heavy atom. The maximum atomic E-state index is 5.46. The van der Waals surface area contributed by atoms with Crippen LogP contribution < -0.4 is 19.7 Å². The Kier molecular flexibility index (Phi) is 5.20. The first kappa shape index (κ1) is 19.0. The van der Waals surface area contributed by atoms with Gasteiger partial charge in [-0.25, -0.2) is 0 Å². The van der Waals surface area contributed by atoms with Crippen LogP contribution in [0.1, 0.15) is 22.3 Å². The van der Waals surface area contributed by atoms with E-state index in [1.54, 1.807) is 20.4 Å². The van der Waals surface area contributed by atoms with Crippen molar-refractivity contribution in [3.63, 3.8) is 0 Å². The van der Waals surface area contributed by atoms with E-state index in [0.717, 1.165) is 42.5 Å². The number of hydrogen-bond donors (Lipinski definition) is 1. The molecule has 29 heavy (non-hydrogen) atoms. The van der Waals surface area contributed by atoms with E-state index < -0.39 is 0 Å². The Balaban J connectivity index is 1.55. The molecule has 2 heterocycles. The molecule has 1 N–H and O–H groups in total. The van der Waals surface area contributed by atoms with Crippen molar-refractivity contribution >= 4 is 17.5 Å². The molecule has 0 saturated carbocycles. The van der Waals surface area contributed by atoms with Crippen molar-refractivity contribution in [1.82, 2.24) is 15.2 Å². The van der Waals surface area contributed by atoms with Gasteiger partial charge < -0.3 is 19.7 Å². The minimum atomic E-state index is 0.490. The van der Waals surface area contributed by atoms with Gasteiger partial charge in [-0.05, 0) is 66.8 Å². The molecule has 0 spiro atoms. The summed E-state index contributed by atoms with van der Waals surface area (Å²) in [7, 11) is 3.32. The Bertz CT molecular complexity index is 1040. The Morgan fingerprint density at radius 2 is 1.72 bits per heavy atom. The first-order valence-electron chi connectivity index (χ1n) is 9.60. The van der Waals surface area contributed by atoms with Gasteiger partial charge >= 0.3 is 0 Å². The van der Waals surface area contributed by atoms with E-state index in [1.807, 2.05) is 12.1 Å². The summed E-state index contributed by atoms with van der Waals surface area (Å²) in [5.41, 5.74) is 5.90. The molecule has 1 aliphatic rings. The SMILES string of the molecule is COc1cc2c(cc1OC)CN(c1cnnc(Nc3ccc(C)c(C)c3)n1)CC2. The summed E-state index contributed by atoms with van der Waals surface area (Å²) >= 11 is 0. The third kappa shape index (κ3) is 3.94. The molecule has 0 unspecified atom stereocenters. The highest BCUT2D eigenvalue weighted by Crippen LogP contribution is 2.34. The molecule has 1 aromatic heterocycles. The smallest absolute Gasteiger partial charge is 0.249 e. The lowest BCUT2D eigenvalue weighted by atomic mass is 9.99. The summed E-state index contributed by atoms with van der Waals surface area (Å²) in [6.07, 6.45) is 2.61. The van der Waals surface area contributed by atoms with Crippen LogP contribution in [0.25, 0.3) is 0 Å². The van der Waals surface area contributed by atoms with Crippen LogP contribution in [0.4, 0.5) is 17.5 Å². The van der Waals surface area contributed by atoms with Crippen molar-refractivity contribution in [2.45, 2.75) is 26.8 Å². The van der Waals surface area contributed by atoms with Crippen molar-refractivity contribution in [2.24, 2.45) is 0 Å². The largest absolute Gasteiger partial charge is 0.493 e. The van der Waals surface area contributed by atoms with E-state index >= 15 is 0 Å². The molecule has 3 aromatic rings. The summed E-state index contributed by atoms with van der Waals surface area (Å²) in [5, 5.41) is 11.5. The molecule has 0 saturated heterocycles. The predicted molar refractivity (Wildman–Crippen MR) is 113 cm³/mol. The van der Waals surface area contributed by atoms with E-state index in [4.69, 9.17) is 9.47 Å². The average Bonchev–Trinajstić information content (AvgIpc) is 2.75. The van der Waals surface area contributed by atoms with Gasteiger partial charge in [0.25, 0.3) is 0 Å². The van der Waals surface area contributed by atoms with Crippen molar-refractivity contribution in [3.05, 3.63) is 58.8 Å². The Hall–Kier alpha value is -3.35. The molecule has 0 radical (unpaired) electrons. The van der Waals surface area contributed by atoms with Crippen LogP contribution in [0.2, 0.25) is 0 Å². The second-order valence-corrected chi connectivity index (χ2v) is 7.21. The van der Waals surface area contributed by atoms with Gasteiger partial charge in [0, 0.05) is 18.8 Å². The highest BCUT2D eigenvalue weighted by molar-refractivity contribution is 5.57. The van der Waals surface area contributed by atoms with Crippen LogP contribution in [0.15, 0.2) is 36.5 Å². The quantitative estimate of drug-likeness (QED) is 0.709. The second-order valence-electron chi connectivity index (χ2n) is 7.21. The van der Waals surface area contributed by atoms with E-state index in [-0.39, 0.29) is 0 Å². The molecule has 2 aromatic carbocycles. The summed E-state index contributed by atoms with van der Waals surface area (Å²) in [6.45, 7) is 5.77. The molecule has 1 aliphatic heterocycles. The van der Waals surface area contributed by atoms with Gasteiger partial charge in [0.2, 0.25) is 5.95 Å². The zero-order chi connectivity index (χ0) is 20.4. The van der Waals surface area contributed by atoms with Crippen LogP contribution in [0.3, 0.4) is 0 Å². The van der Waals surface area contributed by atoms with Crippen molar-refractivity contribution in [3.8, 4) is 11.5 Å². The zero-order valence-corrected chi connectivity index (χ0v) is 17.2. The number of aryl methyl sites for hydroxylation is 2. The molecule has 150 valence electrons. The predicted octanol–water partition coefficient (Wildman–Crippen LogP) is 3.81. The number of methoxy groups -OCH3 is 2. The molecular weight excluding hydrogens is 366 g/mol. The van der Waals surface area contributed by atoms with Crippen LogP contribution in [0, 0.1) is 13.8 Å². The van der Waals surface area contributed by atoms with Gasteiger partial charge in [0.1, 0.15) is 0 Å². The summed E-state index contributed by atoms with van der Waals surface area (Å²) < 4.78 is 10.9. The monoisotopic (exact) mass is 391 g/mol. The molecule has 7 heteroatoms. The Labute approximate surface area is 170 Å². The fourth-order valence-corrected chi connectivity index (χ4v) is 3.53. The first-order chi connectivity index (χ1) is 14.1. The molecule has 0 aliphatic carbocycles. The van der Waals surface area contributed by atoms with E-state index in [2.05, 4.69) is 57.4 Å². The lowest BCUT2D eigenvalue weighted by molar-refractivity contribution is 0.353. The standard InChI is InChI=1S/C22H25N5O2/c1-14-5-6-18(9-15(14)2)24-22-25-21(12-23-26-22)27-8-7-16-10-19(28-3)20(29-4)11-17(16)13-27/h5-6,9-12H,7-8,13H2,1-4H3,(H,24,25,26). The van der Waals surface area contributed by atoms with Crippen LogP contribution >= 0.6 is 0 Å². The van der Waals surface area contributed by atoms with Gasteiger partial charge in [-0.1, -0.05) is 6.07 Å². The lowest BCUT2D eigenvalue weighted by Gasteiger charge is -2.30. The number of aromatic nitrogens is 3. The van der Waals surface area contributed by atoms with Gasteiger partial charge in [0.15, 0.2) is 17.3 Å². The minimum Gasteiger partial charge on any atom is -0.493 e. The number of hydrogen-bond acceptors (Lipinski definition) is 7. The number of nitrogens with one attached hydrogen (secondary N) is 1. The molecule has 4 rings (SSSR count).